The SMILES string of the molecule is O=C(CCC1CCCC1)N1CCN(C(=O)COc2ccc(Cl)cc2)CC1. The number of hydrogen-bond donors (Lipinski definition) is 0. The molecule has 2 aliphatic rings. The van der Waals surface area contributed by atoms with Crippen molar-refractivity contribution in [2.45, 2.75) is 38.5 Å². The van der Waals surface area contributed by atoms with Crippen LogP contribution in [0.5, 0.6) is 5.75 Å². The van der Waals surface area contributed by atoms with E-state index in [1.807, 2.05) is 4.90 Å². The predicted molar refractivity (Wildman–Crippen MR) is 101 cm³/mol. The van der Waals surface area contributed by atoms with Crippen molar-refractivity contribution in [3.63, 3.8) is 0 Å². The highest BCUT2D eigenvalue weighted by molar-refractivity contribution is 6.30. The minimum absolute atomic E-state index is 0.0112. The molecule has 1 heterocycles. The molecule has 1 saturated heterocycles. The summed E-state index contributed by atoms with van der Waals surface area (Å²) in [7, 11) is 0. The van der Waals surface area contributed by atoms with Gasteiger partial charge in [-0.1, -0.05) is 37.3 Å². The first-order valence-corrected chi connectivity index (χ1v) is 9.93. The highest BCUT2D eigenvalue weighted by atomic mass is 35.5. The van der Waals surface area contributed by atoms with Gasteiger partial charge in [-0.3, -0.25) is 9.59 Å². The second-order valence-electron chi connectivity index (χ2n) is 7.19. The summed E-state index contributed by atoms with van der Waals surface area (Å²) in [5, 5.41) is 0.636. The Bertz CT molecular complexity index is 606. The predicted octanol–water partition coefficient (Wildman–Crippen LogP) is 3.36. The van der Waals surface area contributed by atoms with Gasteiger partial charge in [-0.05, 0) is 36.6 Å². The molecule has 3 rings (SSSR count). The highest BCUT2D eigenvalue weighted by Gasteiger charge is 2.25. The molecule has 1 aromatic carbocycles. The number of amides is 2. The normalized spacial score (nSPS) is 18.2. The number of carbonyl (C=O) groups is 2. The van der Waals surface area contributed by atoms with Crippen LogP contribution in [0, 0.1) is 5.92 Å². The van der Waals surface area contributed by atoms with E-state index in [1.54, 1.807) is 29.2 Å². The summed E-state index contributed by atoms with van der Waals surface area (Å²) >= 11 is 5.83. The number of hydrogen-bond acceptors (Lipinski definition) is 3. The standard InChI is InChI=1S/C20H27ClN2O3/c21-17-6-8-18(9-7-17)26-15-20(25)23-13-11-22(12-14-23)19(24)10-5-16-3-1-2-4-16/h6-9,16H,1-5,10-15H2. The van der Waals surface area contributed by atoms with Gasteiger partial charge < -0.3 is 14.5 Å². The van der Waals surface area contributed by atoms with Gasteiger partial charge in [0.15, 0.2) is 6.61 Å². The first-order valence-electron chi connectivity index (χ1n) is 9.56. The quantitative estimate of drug-likeness (QED) is 0.762. The zero-order valence-corrected chi connectivity index (χ0v) is 15.9. The number of halogens is 1. The van der Waals surface area contributed by atoms with Crippen LogP contribution < -0.4 is 4.74 Å². The number of piperazine rings is 1. The Labute approximate surface area is 160 Å². The van der Waals surface area contributed by atoms with Crippen LogP contribution in [0.25, 0.3) is 0 Å². The summed E-state index contributed by atoms with van der Waals surface area (Å²) in [6, 6.07) is 6.96. The van der Waals surface area contributed by atoms with Gasteiger partial charge in [-0.2, -0.15) is 0 Å². The van der Waals surface area contributed by atoms with Crippen LogP contribution >= 0.6 is 11.6 Å². The zero-order chi connectivity index (χ0) is 18.4. The van der Waals surface area contributed by atoms with Gasteiger partial charge in [0.2, 0.25) is 5.91 Å². The molecule has 0 bridgehead atoms. The van der Waals surface area contributed by atoms with E-state index in [0.717, 1.165) is 12.3 Å². The maximum atomic E-state index is 12.4. The highest BCUT2D eigenvalue weighted by Crippen LogP contribution is 2.28. The summed E-state index contributed by atoms with van der Waals surface area (Å²) in [5.41, 5.74) is 0. The fraction of sp³-hybridized carbons (Fsp3) is 0.600. The van der Waals surface area contributed by atoms with E-state index in [9.17, 15) is 9.59 Å². The maximum absolute atomic E-state index is 12.4. The van der Waals surface area contributed by atoms with Gasteiger partial charge in [0, 0.05) is 37.6 Å². The molecule has 0 N–H and O–H groups in total. The van der Waals surface area contributed by atoms with Gasteiger partial charge in [0.1, 0.15) is 5.75 Å². The fourth-order valence-corrected chi connectivity index (χ4v) is 3.88. The van der Waals surface area contributed by atoms with E-state index in [1.165, 1.54) is 25.7 Å². The van der Waals surface area contributed by atoms with Crippen molar-refractivity contribution < 1.29 is 14.3 Å². The molecule has 1 aliphatic heterocycles. The molecule has 0 radical (unpaired) electrons. The van der Waals surface area contributed by atoms with Gasteiger partial charge in [-0.25, -0.2) is 0 Å². The topological polar surface area (TPSA) is 49.9 Å². The smallest absolute Gasteiger partial charge is 0.260 e. The van der Waals surface area contributed by atoms with Crippen molar-refractivity contribution in [3.05, 3.63) is 29.3 Å². The number of nitrogens with zero attached hydrogens (tertiary/aromatic N) is 2. The molecule has 0 atom stereocenters. The summed E-state index contributed by atoms with van der Waals surface area (Å²) in [6.07, 6.45) is 6.87. The van der Waals surface area contributed by atoms with Crippen LogP contribution in [0.15, 0.2) is 24.3 Å². The summed E-state index contributed by atoms with van der Waals surface area (Å²) < 4.78 is 5.52. The first kappa shape index (κ1) is 19.0. The molecule has 6 heteroatoms. The van der Waals surface area contributed by atoms with Crippen molar-refractivity contribution in [2.75, 3.05) is 32.8 Å². The van der Waals surface area contributed by atoms with E-state index in [0.29, 0.717) is 43.4 Å². The summed E-state index contributed by atoms with van der Waals surface area (Å²) in [6.45, 7) is 2.42. The van der Waals surface area contributed by atoms with E-state index >= 15 is 0 Å². The third-order valence-corrected chi connectivity index (χ3v) is 5.65. The van der Waals surface area contributed by atoms with Crippen LogP contribution in [0.2, 0.25) is 5.02 Å². The zero-order valence-electron chi connectivity index (χ0n) is 15.2. The van der Waals surface area contributed by atoms with Crippen LogP contribution in [0.4, 0.5) is 0 Å². The van der Waals surface area contributed by atoms with Gasteiger partial charge in [0.05, 0.1) is 0 Å². The second-order valence-corrected chi connectivity index (χ2v) is 7.63. The van der Waals surface area contributed by atoms with Crippen molar-refractivity contribution in [3.8, 4) is 5.75 Å². The molecular formula is C20H27ClN2O3. The molecule has 5 nitrogen and oxygen atoms in total. The Morgan fingerprint density at radius 3 is 2.15 bits per heavy atom. The monoisotopic (exact) mass is 378 g/mol. The van der Waals surface area contributed by atoms with E-state index in [-0.39, 0.29) is 18.4 Å². The molecule has 0 aromatic heterocycles. The van der Waals surface area contributed by atoms with Crippen molar-refractivity contribution in [1.29, 1.82) is 0 Å². The molecule has 1 aromatic rings. The van der Waals surface area contributed by atoms with Crippen LogP contribution in [0.3, 0.4) is 0 Å². The minimum atomic E-state index is -0.0435. The van der Waals surface area contributed by atoms with E-state index in [4.69, 9.17) is 16.3 Å². The minimum Gasteiger partial charge on any atom is -0.484 e. The Morgan fingerprint density at radius 1 is 0.962 bits per heavy atom. The molecule has 2 amide bonds. The second kappa shape index (κ2) is 9.26. The molecular weight excluding hydrogens is 352 g/mol. The average Bonchev–Trinajstić information content (AvgIpc) is 3.19. The lowest BCUT2D eigenvalue weighted by molar-refractivity contribution is -0.140. The Balaban J connectivity index is 1.36. The molecule has 1 saturated carbocycles. The lowest BCUT2D eigenvalue weighted by Crippen LogP contribution is -2.51. The van der Waals surface area contributed by atoms with Gasteiger partial charge >= 0.3 is 0 Å². The van der Waals surface area contributed by atoms with Crippen molar-refractivity contribution >= 4 is 23.4 Å². The molecule has 1 aliphatic carbocycles. The largest absolute Gasteiger partial charge is 0.484 e. The van der Waals surface area contributed by atoms with Crippen LogP contribution in [-0.2, 0) is 9.59 Å². The third-order valence-electron chi connectivity index (χ3n) is 5.40. The van der Waals surface area contributed by atoms with Crippen LogP contribution in [0.1, 0.15) is 38.5 Å². The molecule has 2 fully saturated rings. The fourth-order valence-electron chi connectivity index (χ4n) is 3.76. The van der Waals surface area contributed by atoms with E-state index < -0.39 is 0 Å². The maximum Gasteiger partial charge on any atom is 0.260 e. The van der Waals surface area contributed by atoms with Crippen molar-refractivity contribution in [2.24, 2.45) is 5.92 Å². The number of carbonyl (C=O) groups excluding carboxylic acids is 2. The first-order chi connectivity index (χ1) is 12.6. The Hall–Kier alpha value is -1.75. The lowest BCUT2D eigenvalue weighted by atomic mass is 10.0. The Kier molecular flexibility index (Phi) is 6.78. The number of benzene rings is 1. The Morgan fingerprint density at radius 2 is 1.54 bits per heavy atom. The van der Waals surface area contributed by atoms with Gasteiger partial charge in [0.25, 0.3) is 5.91 Å². The molecule has 142 valence electrons. The van der Waals surface area contributed by atoms with E-state index in [2.05, 4.69) is 0 Å². The summed E-state index contributed by atoms with van der Waals surface area (Å²) in [5.74, 6) is 1.56. The molecule has 0 spiro atoms. The summed E-state index contributed by atoms with van der Waals surface area (Å²) in [4.78, 5) is 28.3. The van der Waals surface area contributed by atoms with Gasteiger partial charge in [-0.15, -0.1) is 0 Å². The third kappa shape index (κ3) is 5.37. The van der Waals surface area contributed by atoms with Crippen molar-refractivity contribution in [1.82, 2.24) is 9.80 Å². The lowest BCUT2D eigenvalue weighted by Gasteiger charge is -2.35. The molecule has 26 heavy (non-hydrogen) atoms. The van der Waals surface area contributed by atoms with Crippen LogP contribution in [-0.4, -0.2) is 54.4 Å². The number of rotatable bonds is 6. The average molecular weight is 379 g/mol. The molecule has 0 unspecified atom stereocenters. The number of ether oxygens (including phenoxy) is 1.